The van der Waals surface area contributed by atoms with Crippen LogP contribution in [0.5, 0.6) is 5.75 Å². The van der Waals surface area contributed by atoms with E-state index in [2.05, 4.69) is 57.0 Å². The van der Waals surface area contributed by atoms with E-state index in [-0.39, 0.29) is 5.91 Å². The Labute approximate surface area is 207 Å². The maximum Gasteiger partial charge on any atom is 0.256 e. The molecule has 3 heterocycles. The van der Waals surface area contributed by atoms with Crippen LogP contribution in [-0.2, 0) is 6.54 Å². The number of amides is 1. The van der Waals surface area contributed by atoms with Crippen LogP contribution in [0.3, 0.4) is 0 Å². The lowest BCUT2D eigenvalue weighted by molar-refractivity contribution is 0.0767. The fourth-order valence-corrected chi connectivity index (χ4v) is 5.19. The summed E-state index contributed by atoms with van der Waals surface area (Å²) >= 11 is 0. The Morgan fingerprint density at radius 3 is 2.40 bits per heavy atom. The molecule has 5 rings (SSSR count). The number of rotatable bonds is 7. The molecular formula is C29H34N4O2. The molecule has 1 N–H and O–H groups in total. The summed E-state index contributed by atoms with van der Waals surface area (Å²) in [6, 6.07) is 17.8. The number of hydrogen-bond donors (Lipinski definition) is 1. The monoisotopic (exact) mass is 470 g/mol. The molecule has 1 saturated heterocycles. The SMILES string of the molecule is Cc1cn(Cc2ccccc2)c2c1C(=O)N(CCCN1CCN(c3ccc(O)cc3)CC1)CC=C2. The van der Waals surface area contributed by atoms with Crippen molar-refractivity contribution in [1.29, 1.82) is 0 Å². The zero-order chi connectivity index (χ0) is 24.2. The molecular weight excluding hydrogens is 436 g/mol. The minimum Gasteiger partial charge on any atom is -0.508 e. The first-order valence-corrected chi connectivity index (χ1v) is 12.5. The molecule has 1 aromatic heterocycles. The lowest BCUT2D eigenvalue weighted by atomic mass is 10.1. The fraction of sp³-hybridized carbons (Fsp3) is 0.345. The van der Waals surface area contributed by atoms with Crippen molar-refractivity contribution in [1.82, 2.24) is 14.4 Å². The van der Waals surface area contributed by atoms with Gasteiger partial charge < -0.3 is 19.5 Å². The third kappa shape index (κ3) is 5.28. The van der Waals surface area contributed by atoms with Crippen LogP contribution in [-0.4, -0.2) is 71.2 Å². The van der Waals surface area contributed by atoms with Gasteiger partial charge in [0.25, 0.3) is 5.91 Å². The number of aryl methyl sites for hydroxylation is 1. The number of hydrogen-bond acceptors (Lipinski definition) is 4. The quantitative estimate of drug-likeness (QED) is 0.562. The molecule has 2 aliphatic rings. The second-order valence-corrected chi connectivity index (χ2v) is 9.54. The smallest absolute Gasteiger partial charge is 0.256 e. The van der Waals surface area contributed by atoms with E-state index in [0.717, 1.165) is 74.7 Å². The lowest BCUT2D eigenvalue weighted by Gasteiger charge is -2.36. The zero-order valence-electron chi connectivity index (χ0n) is 20.4. The van der Waals surface area contributed by atoms with Gasteiger partial charge in [0.05, 0.1) is 11.3 Å². The Morgan fingerprint density at radius 1 is 0.914 bits per heavy atom. The Morgan fingerprint density at radius 2 is 1.66 bits per heavy atom. The van der Waals surface area contributed by atoms with Gasteiger partial charge in [0.1, 0.15) is 5.75 Å². The Bertz CT molecular complexity index is 1180. The predicted molar refractivity (Wildman–Crippen MR) is 141 cm³/mol. The van der Waals surface area contributed by atoms with E-state index in [1.54, 1.807) is 12.1 Å². The predicted octanol–water partition coefficient (Wildman–Crippen LogP) is 4.23. The Hall–Kier alpha value is -3.51. The number of carbonyl (C=O) groups excluding carboxylic acids is 1. The number of anilines is 1. The third-order valence-electron chi connectivity index (χ3n) is 7.10. The fourth-order valence-electron chi connectivity index (χ4n) is 5.19. The second kappa shape index (κ2) is 10.4. The molecule has 0 atom stereocenters. The summed E-state index contributed by atoms with van der Waals surface area (Å²) in [5, 5.41) is 9.51. The van der Waals surface area contributed by atoms with Crippen molar-refractivity contribution in [3.63, 3.8) is 0 Å². The largest absolute Gasteiger partial charge is 0.508 e. The molecule has 1 fully saturated rings. The summed E-state index contributed by atoms with van der Waals surface area (Å²) in [5.41, 5.74) is 5.30. The van der Waals surface area contributed by atoms with Gasteiger partial charge in [0.15, 0.2) is 0 Å². The number of fused-ring (bicyclic) bond motifs is 1. The Balaban J connectivity index is 1.15. The summed E-state index contributed by atoms with van der Waals surface area (Å²) in [5.74, 6) is 0.451. The normalized spacial score (nSPS) is 16.4. The average Bonchev–Trinajstić information content (AvgIpc) is 3.07. The average molecular weight is 471 g/mol. The molecule has 2 aromatic carbocycles. The van der Waals surface area contributed by atoms with Crippen LogP contribution in [0.4, 0.5) is 5.69 Å². The molecule has 0 saturated carbocycles. The topological polar surface area (TPSA) is 52.0 Å². The first-order chi connectivity index (χ1) is 17.1. The highest BCUT2D eigenvalue weighted by molar-refractivity contribution is 6.00. The number of benzene rings is 2. The number of piperazine rings is 1. The van der Waals surface area contributed by atoms with Crippen molar-refractivity contribution >= 4 is 17.7 Å². The molecule has 0 spiro atoms. The highest BCUT2D eigenvalue weighted by atomic mass is 16.3. The van der Waals surface area contributed by atoms with Crippen LogP contribution in [0.15, 0.2) is 66.9 Å². The first kappa shape index (κ1) is 23.2. The van der Waals surface area contributed by atoms with Crippen LogP contribution in [0, 0.1) is 6.92 Å². The Kier molecular flexibility index (Phi) is 6.91. The van der Waals surface area contributed by atoms with Crippen LogP contribution < -0.4 is 4.90 Å². The van der Waals surface area contributed by atoms with Crippen molar-refractivity contribution < 1.29 is 9.90 Å². The van der Waals surface area contributed by atoms with Crippen molar-refractivity contribution in [3.8, 4) is 5.75 Å². The minimum absolute atomic E-state index is 0.145. The summed E-state index contributed by atoms with van der Waals surface area (Å²) in [6.45, 7) is 9.23. The second-order valence-electron chi connectivity index (χ2n) is 9.54. The van der Waals surface area contributed by atoms with E-state index in [9.17, 15) is 9.90 Å². The van der Waals surface area contributed by atoms with Gasteiger partial charge in [-0.25, -0.2) is 0 Å². The molecule has 0 bridgehead atoms. The van der Waals surface area contributed by atoms with Gasteiger partial charge in [0, 0.05) is 57.7 Å². The number of aromatic nitrogens is 1. The summed E-state index contributed by atoms with van der Waals surface area (Å²) in [6.07, 6.45) is 7.32. The molecule has 0 unspecified atom stereocenters. The van der Waals surface area contributed by atoms with Gasteiger partial charge in [-0.15, -0.1) is 0 Å². The maximum atomic E-state index is 13.5. The number of phenols is 1. The molecule has 2 aliphatic heterocycles. The van der Waals surface area contributed by atoms with Crippen LogP contribution >= 0.6 is 0 Å². The van der Waals surface area contributed by atoms with Gasteiger partial charge in [-0.2, -0.15) is 0 Å². The molecule has 182 valence electrons. The molecule has 0 aliphatic carbocycles. The van der Waals surface area contributed by atoms with Gasteiger partial charge in [-0.3, -0.25) is 9.69 Å². The zero-order valence-corrected chi connectivity index (χ0v) is 20.4. The van der Waals surface area contributed by atoms with Crippen LogP contribution in [0.2, 0.25) is 0 Å². The van der Waals surface area contributed by atoms with E-state index in [4.69, 9.17) is 0 Å². The number of carbonyl (C=O) groups is 1. The van der Waals surface area contributed by atoms with Crippen molar-refractivity contribution in [2.45, 2.75) is 19.9 Å². The van der Waals surface area contributed by atoms with Crippen molar-refractivity contribution in [2.24, 2.45) is 0 Å². The van der Waals surface area contributed by atoms with Gasteiger partial charge >= 0.3 is 0 Å². The molecule has 6 nitrogen and oxygen atoms in total. The highest BCUT2D eigenvalue weighted by Gasteiger charge is 2.25. The van der Waals surface area contributed by atoms with Crippen LogP contribution in [0.1, 0.15) is 33.6 Å². The van der Waals surface area contributed by atoms with Crippen LogP contribution in [0.25, 0.3) is 6.08 Å². The van der Waals surface area contributed by atoms with Gasteiger partial charge in [0.2, 0.25) is 0 Å². The first-order valence-electron chi connectivity index (χ1n) is 12.5. The van der Waals surface area contributed by atoms with Crippen molar-refractivity contribution in [3.05, 3.63) is 89.3 Å². The van der Waals surface area contributed by atoms with Gasteiger partial charge in [-0.1, -0.05) is 36.4 Å². The van der Waals surface area contributed by atoms with E-state index >= 15 is 0 Å². The minimum atomic E-state index is 0.145. The maximum absolute atomic E-state index is 13.5. The van der Waals surface area contributed by atoms with E-state index in [1.165, 1.54) is 5.56 Å². The van der Waals surface area contributed by atoms with E-state index < -0.39 is 0 Å². The number of aromatic hydroxyl groups is 1. The molecule has 35 heavy (non-hydrogen) atoms. The molecule has 6 heteroatoms. The standard InChI is InChI=1S/C29H34N4O2/c1-23-21-33(22-24-7-3-2-4-8-24)27-9-5-15-32(29(35)28(23)27)16-6-14-30-17-19-31(20-18-30)25-10-12-26(34)13-11-25/h2-5,7-13,21,34H,6,14-20,22H2,1H3. The van der Waals surface area contributed by atoms with Crippen molar-refractivity contribution in [2.75, 3.05) is 50.7 Å². The lowest BCUT2D eigenvalue weighted by Crippen LogP contribution is -2.47. The molecule has 1 amide bonds. The third-order valence-corrected chi connectivity index (χ3v) is 7.10. The summed E-state index contributed by atoms with van der Waals surface area (Å²) < 4.78 is 2.20. The molecule has 0 radical (unpaired) electrons. The molecule has 3 aromatic rings. The highest BCUT2D eigenvalue weighted by Crippen LogP contribution is 2.25. The van der Waals surface area contributed by atoms with Gasteiger partial charge in [-0.05, 0) is 61.4 Å². The summed E-state index contributed by atoms with van der Waals surface area (Å²) in [4.78, 5) is 20.3. The number of phenolic OH excluding ortho intramolecular Hbond substituents is 1. The summed E-state index contributed by atoms with van der Waals surface area (Å²) in [7, 11) is 0. The van der Waals surface area contributed by atoms with E-state index in [0.29, 0.717) is 12.3 Å². The van der Waals surface area contributed by atoms with E-state index in [1.807, 2.05) is 30.0 Å². The number of nitrogens with zero attached hydrogens (tertiary/aromatic N) is 4.